The third-order valence-corrected chi connectivity index (χ3v) is 4.32. The fourth-order valence-electron chi connectivity index (χ4n) is 2.57. The van der Waals surface area contributed by atoms with Crippen molar-refractivity contribution in [2.24, 2.45) is 0 Å². The van der Waals surface area contributed by atoms with Gasteiger partial charge in [0.05, 0.1) is 27.2 Å². The second-order valence-corrected chi connectivity index (χ2v) is 6.66. The molecular formula is C20H28N3OS+. The van der Waals surface area contributed by atoms with Crippen molar-refractivity contribution in [1.82, 2.24) is 5.32 Å². The molecule has 0 aliphatic rings. The lowest BCUT2D eigenvalue weighted by Gasteiger charge is -2.23. The third-order valence-electron chi connectivity index (χ3n) is 4.07. The first-order chi connectivity index (χ1) is 12.1. The number of hydrogen-bond acceptors (Lipinski definition) is 2. The lowest BCUT2D eigenvalue weighted by molar-refractivity contribution is -0.884. The molecule has 0 fully saturated rings. The average Bonchev–Trinajstić information content (AvgIpc) is 2.61. The Morgan fingerprint density at radius 2 is 1.76 bits per heavy atom. The van der Waals surface area contributed by atoms with E-state index >= 15 is 0 Å². The van der Waals surface area contributed by atoms with Gasteiger partial charge in [0.2, 0.25) is 0 Å². The fourth-order valence-corrected chi connectivity index (χ4v) is 2.77. The highest BCUT2D eigenvalue weighted by atomic mass is 32.1. The van der Waals surface area contributed by atoms with Crippen molar-refractivity contribution < 1.29 is 9.64 Å². The SMILES string of the molecule is CCOc1ccc(NC(=S)NC[C@H](Cc2ccccc2)[NH+](C)C)cc1. The van der Waals surface area contributed by atoms with Crippen LogP contribution in [0.1, 0.15) is 12.5 Å². The summed E-state index contributed by atoms with van der Waals surface area (Å²) in [6, 6.07) is 18.8. The molecule has 5 heteroatoms. The molecule has 2 aromatic carbocycles. The second-order valence-electron chi connectivity index (χ2n) is 6.26. The van der Waals surface area contributed by atoms with E-state index in [1.807, 2.05) is 31.2 Å². The van der Waals surface area contributed by atoms with Crippen LogP contribution in [0.25, 0.3) is 0 Å². The molecule has 0 amide bonds. The smallest absolute Gasteiger partial charge is 0.170 e. The van der Waals surface area contributed by atoms with E-state index in [9.17, 15) is 0 Å². The zero-order valence-corrected chi connectivity index (χ0v) is 16.0. The van der Waals surface area contributed by atoms with Crippen LogP contribution < -0.4 is 20.3 Å². The lowest BCUT2D eigenvalue weighted by atomic mass is 10.1. The van der Waals surface area contributed by atoms with Crippen molar-refractivity contribution in [3.8, 4) is 5.75 Å². The van der Waals surface area contributed by atoms with Crippen LogP contribution in [0.4, 0.5) is 5.69 Å². The van der Waals surface area contributed by atoms with Crippen LogP contribution in [0.5, 0.6) is 5.75 Å². The van der Waals surface area contributed by atoms with Gasteiger partial charge in [-0.3, -0.25) is 0 Å². The van der Waals surface area contributed by atoms with Gasteiger partial charge in [0.1, 0.15) is 11.8 Å². The van der Waals surface area contributed by atoms with Gasteiger partial charge in [-0.1, -0.05) is 30.3 Å². The predicted octanol–water partition coefficient (Wildman–Crippen LogP) is 2.13. The molecule has 3 N–H and O–H groups in total. The van der Waals surface area contributed by atoms with E-state index in [4.69, 9.17) is 17.0 Å². The van der Waals surface area contributed by atoms with E-state index in [1.165, 1.54) is 10.5 Å². The maximum Gasteiger partial charge on any atom is 0.170 e. The van der Waals surface area contributed by atoms with Gasteiger partial charge in [-0.05, 0) is 49.0 Å². The number of thiocarbonyl (C=S) groups is 1. The number of anilines is 1. The maximum atomic E-state index is 5.45. The summed E-state index contributed by atoms with van der Waals surface area (Å²) in [6.45, 7) is 3.46. The van der Waals surface area contributed by atoms with Gasteiger partial charge in [0.15, 0.2) is 5.11 Å². The molecule has 0 radical (unpaired) electrons. The molecule has 0 saturated heterocycles. The largest absolute Gasteiger partial charge is 0.494 e. The topological polar surface area (TPSA) is 37.7 Å². The van der Waals surface area contributed by atoms with Crippen LogP contribution in [-0.2, 0) is 6.42 Å². The van der Waals surface area contributed by atoms with E-state index in [-0.39, 0.29) is 0 Å². The molecule has 0 bridgehead atoms. The Bertz CT molecular complexity index is 644. The first kappa shape index (κ1) is 19.2. The summed E-state index contributed by atoms with van der Waals surface area (Å²) >= 11 is 5.43. The van der Waals surface area contributed by atoms with Crippen molar-refractivity contribution in [3.05, 3.63) is 60.2 Å². The predicted molar refractivity (Wildman–Crippen MR) is 109 cm³/mol. The number of nitrogens with one attached hydrogen (secondary N) is 3. The Labute approximate surface area is 156 Å². The molecule has 0 aliphatic carbocycles. The minimum absolute atomic E-state index is 0.447. The number of likely N-dealkylation sites (N-methyl/N-ethyl adjacent to an activating group) is 1. The number of ether oxygens (including phenoxy) is 1. The number of benzene rings is 2. The monoisotopic (exact) mass is 358 g/mol. The first-order valence-corrected chi connectivity index (χ1v) is 9.11. The lowest BCUT2D eigenvalue weighted by Crippen LogP contribution is -3.11. The minimum Gasteiger partial charge on any atom is -0.494 e. The zero-order chi connectivity index (χ0) is 18.1. The second kappa shape index (κ2) is 10.0. The van der Waals surface area contributed by atoms with Crippen molar-refractivity contribution >= 4 is 23.0 Å². The van der Waals surface area contributed by atoms with Gasteiger partial charge in [-0.25, -0.2) is 0 Å². The molecule has 0 saturated carbocycles. The van der Waals surface area contributed by atoms with Gasteiger partial charge in [0, 0.05) is 12.1 Å². The standard InChI is InChI=1S/C20H27N3OS/c1-4-24-19-12-10-17(11-13-19)22-20(25)21-15-18(23(2)3)14-16-8-6-5-7-9-16/h5-13,18H,4,14-15H2,1-3H3,(H2,21,22,25)/p+1/t18-/m0/s1. The summed E-state index contributed by atoms with van der Waals surface area (Å²) in [5, 5.41) is 7.21. The van der Waals surface area contributed by atoms with Crippen LogP contribution in [0, 0.1) is 0 Å². The van der Waals surface area contributed by atoms with E-state index in [0.717, 1.165) is 24.4 Å². The molecule has 134 valence electrons. The maximum absolute atomic E-state index is 5.45. The average molecular weight is 359 g/mol. The van der Waals surface area contributed by atoms with Gasteiger partial charge in [0.25, 0.3) is 0 Å². The normalized spacial score (nSPS) is 11.8. The summed E-state index contributed by atoms with van der Waals surface area (Å²) in [7, 11) is 4.36. The van der Waals surface area contributed by atoms with Crippen LogP contribution in [0.2, 0.25) is 0 Å². The Morgan fingerprint density at radius 3 is 2.36 bits per heavy atom. The molecule has 25 heavy (non-hydrogen) atoms. The molecule has 0 unspecified atom stereocenters. The Balaban J connectivity index is 1.84. The summed E-state index contributed by atoms with van der Waals surface area (Å²) in [5.74, 6) is 0.867. The molecule has 2 rings (SSSR count). The molecular weight excluding hydrogens is 330 g/mol. The van der Waals surface area contributed by atoms with E-state index < -0.39 is 0 Å². The molecule has 0 heterocycles. The van der Waals surface area contributed by atoms with Crippen LogP contribution in [-0.4, -0.2) is 38.4 Å². The first-order valence-electron chi connectivity index (χ1n) is 8.70. The van der Waals surface area contributed by atoms with Gasteiger partial charge < -0.3 is 20.3 Å². The molecule has 0 spiro atoms. The zero-order valence-electron chi connectivity index (χ0n) is 15.2. The van der Waals surface area contributed by atoms with Crippen molar-refractivity contribution in [2.75, 3.05) is 32.6 Å². The highest BCUT2D eigenvalue weighted by molar-refractivity contribution is 7.80. The van der Waals surface area contributed by atoms with Crippen molar-refractivity contribution in [2.45, 2.75) is 19.4 Å². The van der Waals surface area contributed by atoms with E-state index in [2.05, 4.69) is 55.1 Å². The minimum atomic E-state index is 0.447. The molecule has 0 aliphatic heterocycles. The van der Waals surface area contributed by atoms with Gasteiger partial charge >= 0.3 is 0 Å². The Morgan fingerprint density at radius 1 is 1.08 bits per heavy atom. The molecule has 2 aromatic rings. The summed E-state index contributed by atoms with van der Waals surface area (Å²) in [5.41, 5.74) is 2.30. The molecule has 0 aromatic heterocycles. The third kappa shape index (κ3) is 6.72. The summed E-state index contributed by atoms with van der Waals surface area (Å²) in [6.07, 6.45) is 1.02. The summed E-state index contributed by atoms with van der Waals surface area (Å²) in [4.78, 5) is 1.40. The van der Waals surface area contributed by atoms with Crippen LogP contribution in [0.15, 0.2) is 54.6 Å². The number of quaternary nitrogens is 1. The Kier molecular flexibility index (Phi) is 7.70. The van der Waals surface area contributed by atoms with E-state index in [0.29, 0.717) is 17.8 Å². The highest BCUT2D eigenvalue weighted by Crippen LogP contribution is 2.15. The summed E-state index contributed by atoms with van der Waals surface area (Å²) < 4.78 is 5.45. The molecule has 4 nitrogen and oxygen atoms in total. The van der Waals surface area contributed by atoms with Crippen LogP contribution in [0.3, 0.4) is 0 Å². The van der Waals surface area contributed by atoms with Crippen molar-refractivity contribution in [3.63, 3.8) is 0 Å². The van der Waals surface area contributed by atoms with E-state index in [1.54, 1.807) is 0 Å². The fraction of sp³-hybridized carbons (Fsp3) is 0.350. The molecule has 1 atom stereocenters. The number of rotatable bonds is 8. The number of hydrogen-bond donors (Lipinski definition) is 3. The van der Waals surface area contributed by atoms with Crippen LogP contribution >= 0.6 is 12.2 Å². The van der Waals surface area contributed by atoms with Gasteiger partial charge in [-0.15, -0.1) is 0 Å². The van der Waals surface area contributed by atoms with Gasteiger partial charge in [-0.2, -0.15) is 0 Å². The Hall–Kier alpha value is -2.11. The quantitative estimate of drug-likeness (QED) is 0.632. The van der Waals surface area contributed by atoms with Crippen molar-refractivity contribution in [1.29, 1.82) is 0 Å². The highest BCUT2D eigenvalue weighted by Gasteiger charge is 2.16.